The monoisotopic (exact) mass is 371 g/mol. The third-order valence-corrected chi connectivity index (χ3v) is 4.64. The standard InChI is InChI=1S/C22H29NO4/c1-16(2)19-7-4-17(5-8-19)11-23(3)12-20(24)14-25-13-18-6-9-21-22(10-18)27-15-26-21/h4-10,16,20,24H,11-15H2,1-3H3. The first-order chi connectivity index (χ1) is 13.0. The van der Waals surface area contributed by atoms with Crippen molar-refractivity contribution in [1.82, 2.24) is 4.90 Å². The Kier molecular flexibility index (Phi) is 6.72. The van der Waals surface area contributed by atoms with E-state index in [-0.39, 0.29) is 6.79 Å². The molecule has 1 heterocycles. The SMILES string of the molecule is CC(C)c1ccc(CN(C)CC(O)COCc2ccc3c(c2)OCO3)cc1. The van der Waals surface area contributed by atoms with Crippen LogP contribution in [0.4, 0.5) is 0 Å². The van der Waals surface area contributed by atoms with Crippen molar-refractivity contribution in [2.24, 2.45) is 0 Å². The van der Waals surface area contributed by atoms with Crippen LogP contribution in [0.5, 0.6) is 11.5 Å². The van der Waals surface area contributed by atoms with Gasteiger partial charge in [-0.2, -0.15) is 0 Å². The highest BCUT2D eigenvalue weighted by Gasteiger charge is 2.14. The van der Waals surface area contributed by atoms with Crippen molar-refractivity contribution in [2.45, 2.75) is 39.0 Å². The zero-order chi connectivity index (χ0) is 19.2. The summed E-state index contributed by atoms with van der Waals surface area (Å²) in [5, 5.41) is 10.2. The molecular weight excluding hydrogens is 342 g/mol. The van der Waals surface area contributed by atoms with E-state index in [4.69, 9.17) is 14.2 Å². The smallest absolute Gasteiger partial charge is 0.231 e. The lowest BCUT2D eigenvalue weighted by atomic mass is 10.0. The molecule has 5 nitrogen and oxygen atoms in total. The number of likely N-dealkylation sites (N-methyl/N-ethyl adjacent to an activating group) is 1. The normalized spacial score (nSPS) is 14.1. The quantitative estimate of drug-likeness (QED) is 0.731. The highest BCUT2D eigenvalue weighted by atomic mass is 16.7. The van der Waals surface area contributed by atoms with Crippen LogP contribution in [0.25, 0.3) is 0 Å². The molecule has 1 unspecified atom stereocenters. The van der Waals surface area contributed by atoms with Crippen LogP contribution in [0.15, 0.2) is 42.5 Å². The zero-order valence-corrected chi connectivity index (χ0v) is 16.4. The fourth-order valence-corrected chi connectivity index (χ4v) is 3.14. The number of benzene rings is 2. The number of hydrogen-bond donors (Lipinski definition) is 1. The Morgan fingerprint density at radius 3 is 2.48 bits per heavy atom. The van der Waals surface area contributed by atoms with E-state index in [1.54, 1.807) is 0 Å². The predicted molar refractivity (Wildman–Crippen MR) is 105 cm³/mol. The van der Waals surface area contributed by atoms with Crippen molar-refractivity contribution in [3.05, 3.63) is 59.2 Å². The van der Waals surface area contributed by atoms with E-state index in [0.717, 1.165) is 23.6 Å². The molecule has 1 atom stereocenters. The molecule has 27 heavy (non-hydrogen) atoms. The van der Waals surface area contributed by atoms with E-state index in [2.05, 4.69) is 43.0 Å². The molecule has 0 amide bonds. The summed E-state index contributed by atoms with van der Waals surface area (Å²) < 4.78 is 16.3. The zero-order valence-electron chi connectivity index (χ0n) is 16.4. The Hall–Kier alpha value is -2.08. The van der Waals surface area contributed by atoms with Crippen LogP contribution in [-0.4, -0.2) is 43.1 Å². The summed E-state index contributed by atoms with van der Waals surface area (Å²) in [6, 6.07) is 14.4. The van der Waals surface area contributed by atoms with Crippen LogP contribution >= 0.6 is 0 Å². The minimum atomic E-state index is -0.529. The highest BCUT2D eigenvalue weighted by molar-refractivity contribution is 5.44. The van der Waals surface area contributed by atoms with Gasteiger partial charge in [0.05, 0.1) is 19.3 Å². The van der Waals surface area contributed by atoms with Crippen LogP contribution in [0.1, 0.15) is 36.5 Å². The molecule has 0 fully saturated rings. The molecule has 5 heteroatoms. The van der Waals surface area contributed by atoms with E-state index in [1.165, 1.54) is 11.1 Å². The van der Waals surface area contributed by atoms with Crippen LogP contribution in [0, 0.1) is 0 Å². The van der Waals surface area contributed by atoms with Crippen molar-refractivity contribution in [3.63, 3.8) is 0 Å². The summed E-state index contributed by atoms with van der Waals surface area (Å²) in [4.78, 5) is 2.11. The third-order valence-electron chi connectivity index (χ3n) is 4.64. The van der Waals surface area contributed by atoms with Gasteiger partial charge in [-0.15, -0.1) is 0 Å². The summed E-state index contributed by atoms with van der Waals surface area (Å²) in [7, 11) is 2.01. The fraction of sp³-hybridized carbons (Fsp3) is 0.455. The second-order valence-electron chi connectivity index (χ2n) is 7.45. The average molecular weight is 371 g/mol. The summed E-state index contributed by atoms with van der Waals surface area (Å²) >= 11 is 0. The van der Waals surface area contributed by atoms with E-state index >= 15 is 0 Å². The van der Waals surface area contributed by atoms with Crippen LogP contribution in [0.3, 0.4) is 0 Å². The molecule has 0 aliphatic carbocycles. The molecule has 1 aliphatic heterocycles. The van der Waals surface area contributed by atoms with Gasteiger partial charge in [-0.25, -0.2) is 0 Å². The first-order valence-electron chi connectivity index (χ1n) is 9.43. The average Bonchev–Trinajstić information content (AvgIpc) is 3.09. The van der Waals surface area contributed by atoms with Gasteiger partial charge < -0.3 is 19.3 Å². The minimum Gasteiger partial charge on any atom is -0.454 e. The van der Waals surface area contributed by atoms with Crippen molar-refractivity contribution >= 4 is 0 Å². The number of rotatable bonds is 9. The molecule has 2 aromatic rings. The van der Waals surface area contributed by atoms with Gasteiger partial charge in [-0.1, -0.05) is 44.2 Å². The van der Waals surface area contributed by atoms with Crippen LogP contribution in [-0.2, 0) is 17.9 Å². The maximum Gasteiger partial charge on any atom is 0.231 e. The van der Waals surface area contributed by atoms with Gasteiger partial charge in [0, 0.05) is 13.1 Å². The van der Waals surface area contributed by atoms with Gasteiger partial charge in [0.25, 0.3) is 0 Å². The van der Waals surface area contributed by atoms with Gasteiger partial charge in [-0.3, -0.25) is 4.90 Å². The topological polar surface area (TPSA) is 51.2 Å². The first-order valence-corrected chi connectivity index (χ1v) is 9.43. The molecule has 0 radical (unpaired) electrons. The van der Waals surface area contributed by atoms with Crippen molar-refractivity contribution in [3.8, 4) is 11.5 Å². The molecule has 1 N–H and O–H groups in total. The van der Waals surface area contributed by atoms with Gasteiger partial charge in [0.15, 0.2) is 11.5 Å². The summed E-state index contributed by atoms with van der Waals surface area (Å²) in [6.45, 7) is 6.76. The highest BCUT2D eigenvalue weighted by Crippen LogP contribution is 2.32. The Labute approximate surface area is 161 Å². The van der Waals surface area contributed by atoms with Crippen molar-refractivity contribution in [1.29, 1.82) is 0 Å². The molecular formula is C22H29NO4. The summed E-state index contributed by atoms with van der Waals surface area (Å²) in [6.07, 6.45) is -0.529. The maximum atomic E-state index is 10.2. The number of nitrogens with zero attached hydrogens (tertiary/aromatic N) is 1. The Balaban J connectivity index is 1.38. The van der Waals surface area contributed by atoms with E-state index < -0.39 is 6.10 Å². The molecule has 0 saturated heterocycles. The van der Waals surface area contributed by atoms with Gasteiger partial charge >= 0.3 is 0 Å². The van der Waals surface area contributed by atoms with Crippen LogP contribution < -0.4 is 9.47 Å². The summed E-state index contributed by atoms with van der Waals surface area (Å²) in [5.74, 6) is 2.06. The second-order valence-corrected chi connectivity index (χ2v) is 7.45. The molecule has 1 aliphatic rings. The van der Waals surface area contributed by atoms with Crippen molar-refractivity contribution < 1.29 is 19.3 Å². The van der Waals surface area contributed by atoms with E-state index in [1.807, 2.05) is 25.2 Å². The lowest BCUT2D eigenvalue weighted by Crippen LogP contribution is -2.31. The molecule has 2 aromatic carbocycles. The second kappa shape index (κ2) is 9.22. The number of aliphatic hydroxyl groups excluding tert-OH is 1. The Bertz CT molecular complexity index is 730. The Morgan fingerprint density at radius 2 is 1.74 bits per heavy atom. The minimum absolute atomic E-state index is 0.269. The van der Waals surface area contributed by atoms with Crippen molar-refractivity contribution in [2.75, 3.05) is 27.0 Å². The lowest BCUT2D eigenvalue weighted by molar-refractivity contribution is 0.0127. The fourth-order valence-electron chi connectivity index (χ4n) is 3.14. The van der Waals surface area contributed by atoms with Gasteiger partial charge in [0.1, 0.15) is 0 Å². The third kappa shape index (κ3) is 5.70. The largest absolute Gasteiger partial charge is 0.454 e. The first kappa shape index (κ1) is 19.7. The molecule has 0 bridgehead atoms. The Morgan fingerprint density at radius 1 is 1.04 bits per heavy atom. The molecule has 3 rings (SSSR count). The lowest BCUT2D eigenvalue weighted by Gasteiger charge is -2.21. The molecule has 146 valence electrons. The summed E-state index contributed by atoms with van der Waals surface area (Å²) in [5.41, 5.74) is 3.60. The van der Waals surface area contributed by atoms with Gasteiger partial charge in [-0.05, 0) is 41.8 Å². The van der Waals surface area contributed by atoms with E-state index in [9.17, 15) is 5.11 Å². The number of hydrogen-bond acceptors (Lipinski definition) is 5. The molecule has 0 spiro atoms. The number of ether oxygens (including phenoxy) is 3. The number of fused-ring (bicyclic) bond motifs is 1. The number of aliphatic hydroxyl groups is 1. The molecule has 0 aromatic heterocycles. The molecule has 0 saturated carbocycles. The predicted octanol–water partition coefficient (Wildman–Crippen LogP) is 3.55. The van der Waals surface area contributed by atoms with Crippen LogP contribution in [0.2, 0.25) is 0 Å². The van der Waals surface area contributed by atoms with E-state index in [0.29, 0.717) is 25.7 Å². The van der Waals surface area contributed by atoms with Gasteiger partial charge in [0.2, 0.25) is 6.79 Å². The maximum absolute atomic E-state index is 10.2.